The molecule has 1 aliphatic carbocycles. The Kier molecular flexibility index (Phi) is 6.54. The molecule has 196 valence electrons. The quantitative estimate of drug-likeness (QED) is 0.214. The molecule has 7 nitrogen and oxygen atoms in total. The predicted octanol–water partition coefficient (Wildman–Crippen LogP) is 7.75. The molecule has 1 amide bonds. The standard InChI is InChI=1S/C30H25N3O4S2/c1-17(18-6-4-3-5-7-18)37-30(36)32-29-23(16-31-33(29)2)25-15-27-26(39-25)14-24(38-27)21-10-11-22-19(12-21)8-9-20(22)13-28(34)35/h3-7,9-12,14-17H,8,13H2,1-2H3,(H,32,36)(H,34,35)/t17-/m1/s1. The van der Waals surface area contributed by atoms with Crippen molar-refractivity contribution in [3.05, 3.63) is 89.6 Å². The Bertz CT molecular complexity index is 1710. The van der Waals surface area contributed by atoms with E-state index in [4.69, 9.17) is 9.84 Å². The van der Waals surface area contributed by atoms with Crippen LogP contribution in [0.4, 0.5) is 10.6 Å². The molecule has 0 fully saturated rings. The van der Waals surface area contributed by atoms with E-state index in [1.54, 1.807) is 40.6 Å². The molecule has 0 aliphatic heterocycles. The molecular weight excluding hydrogens is 530 g/mol. The first-order valence-electron chi connectivity index (χ1n) is 12.5. The highest BCUT2D eigenvalue weighted by molar-refractivity contribution is 7.31. The second kappa shape index (κ2) is 10.2. The van der Waals surface area contributed by atoms with Gasteiger partial charge < -0.3 is 9.84 Å². The lowest BCUT2D eigenvalue weighted by Gasteiger charge is -2.14. The summed E-state index contributed by atoms with van der Waals surface area (Å²) in [6.45, 7) is 1.84. The minimum atomic E-state index is -0.807. The van der Waals surface area contributed by atoms with Gasteiger partial charge in [0, 0.05) is 26.2 Å². The van der Waals surface area contributed by atoms with E-state index >= 15 is 0 Å². The molecule has 2 aromatic carbocycles. The van der Waals surface area contributed by atoms with E-state index in [2.05, 4.69) is 34.7 Å². The van der Waals surface area contributed by atoms with Gasteiger partial charge in [-0.05, 0) is 59.4 Å². The Morgan fingerprint density at radius 3 is 2.56 bits per heavy atom. The van der Waals surface area contributed by atoms with Crippen LogP contribution >= 0.6 is 22.7 Å². The molecule has 0 radical (unpaired) electrons. The molecule has 5 aromatic rings. The van der Waals surface area contributed by atoms with Gasteiger partial charge in [-0.2, -0.15) is 5.10 Å². The lowest BCUT2D eigenvalue weighted by molar-refractivity contribution is -0.135. The van der Waals surface area contributed by atoms with Crippen LogP contribution in [0.15, 0.2) is 72.9 Å². The number of nitrogens with zero attached hydrogens (tertiary/aromatic N) is 2. The fourth-order valence-electron chi connectivity index (χ4n) is 4.86. The van der Waals surface area contributed by atoms with E-state index in [0.29, 0.717) is 5.82 Å². The van der Waals surface area contributed by atoms with Gasteiger partial charge in [-0.3, -0.25) is 14.8 Å². The maximum absolute atomic E-state index is 12.7. The molecule has 1 aliphatic rings. The summed E-state index contributed by atoms with van der Waals surface area (Å²) >= 11 is 3.37. The predicted molar refractivity (Wildman–Crippen MR) is 156 cm³/mol. The summed E-state index contributed by atoms with van der Waals surface area (Å²) in [5.41, 5.74) is 5.99. The monoisotopic (exact) mass is 555 g/mol. The topological polar surface area (TPSA) is 93.4 Å². The first-order valence-corrected chi connectivity index (χ1v) is 14.1. The molecule has 2 N–H and O–H groups in total. The minimum Gasteiger partial charge on any atom is -0.481 e. The van der Waals surface area contributed by atoms with E-state index in [-0.39, 0.29) is 12.5 Å². The SMILES string of the molecule is C[C@@H](OC(=O)Nc1c(-c2cc3sc(-c4ccc5c(c4)CC=C5CC(=O)O)cc3s2)cnn1C)c1ccccc1. The lowest BCUT2D eigenvalue weighted by Crippen LogP contribution is -2.18. The van der Waals surface area contributed by atoms with Crippen LogP contribution in [0, 0.1) is 0 Å². The average molecular weight is 556 g/mol. The van der Waals surface area contributed by atoms with Gasteiger partial charge in [0.2, 0.25) is 0 Å². The zero-order valence-electron chi connectivity index (χ0n) is 21.3. The summed E-state index contributed by atoms with van der Waals surface area (Å²) in [6, 6.07) is 20.2. The van der Waals surface area contributed by atoms with Gasteiger partial charge in [-0.25, -0.2) is 4.79 Å². The van der Waals surface area contributed by atoms with Crippen LogP contribution in [0.3, 0.4) is 0 Å². The number of anilines is 1. The van der Waals surface area contributed by atoms with Crippen molar-refractivity contribution in [2.45, 2.75) is 25.9 Å². The van der Waals surface area contributed by atoms with Crippen molar-refractivity contribution in [1.29, 1.82) is 0 Å². The van der Waals surface area contributed by atoms with Crippen molar-refractivity contribution >= 4 is 55.5 Å². The van der Waals surface area contributed by atoms with Gasteiger partial charge in [0.15, 0.2) is 0 Å². The summed E-state index contributed by atoms with van der Waals surface area (Å²) in [5, 5.41) is 16.4. The van der Waals surface area contributed by atoms with Gasteiger partial charge in [0.1, 0.15) is 11.9 Å². The van der Waals surface area contributed by atoms with E-state index in [0.717, 1.165) is 48.5 Å². The van der Waals surface area contributed by atoms with E-state index in [1.807, 2.05) is 49.4 Å². The van der Waals surface area contributed by atoms with Crippen molar-refractivity contribution in [1.82, 2.24) is 9.78 Å². The molecule has 3 aromatic heterocycles. The number of aromatic nitrogens is 2. The number of benzene rings is 2. The normalized spacial score (nSPS) is 13.2. The van der Waals surface area contributed by atoms with Crippen LogP contribution in [-0.2, 0) is 23.0 Å². The Morgan fingerprint density at radius 1 is 1.05 bits per heavy atom. The zero-order valence-corrected chi connectivity index (χ0v) is 22.9. The van der Waals surface area contributed by atoms with Crippen LogP contribution < -0.4 is 5.32 Å². The average Bonchev–Trinajstić information content (AvgIpc) is 3.68. The molecule has 39 heavy (non-hydrogen) atoms. The van der Waals surface area contributed by atoms with Gasteiger partial charge in [-0.15, -0.1) is 22.7 Å². The Morgan fingerprint density at radius 2 is 1.79 bits per heavy atom. The smallest absolute Gasteiger partial charge is 0.413 e. The maximum Gasteiger partial charge on any atom is 0.413 e. The number of aliphatic carboxylic acids is 1. The molecule has 1 atom stereocenters. The summed E-state index contributed by atoms with van der Waals surface area (Å²) in [5.74, 6) is -0.226. The van der Waals surface area contributed by atoms with Crippen LogP contribution in [0.25, 0.3) is 35.9 Å². The molecule has 6 rings (SSSR count). The van der Waals surface area contributed by atoms with E-state index in [9.17, 15) is 9.59 Å². The van der Waals surface area contributed by atoms with E-state index in [1.165, 1.54) is 10.4 Å². The Hall–Kier alpha value is -4.21. The highest BCUT2D eigenvalue weighted by atomic mass is 32.1. The number of fused-ring (bicyclic) bond motifs is 2. The summed E-state index contributed by atoms with van der Waals surface area (Å²) in [6.07, 6.45) is 3.67. The molecule has 9 heteroatoms. The molecule has 0 saturated carbocycles. The zero-order chi connectivity index (χ0) is 27.1. The van der Waals surface area contributed by atoms with Crippen LogP contribution in [0.5, 0.6) is 0 Å². The maximum atomic E-state index is 12.7. The molecule has 3 heterocycles. The van der Waals surface area contributed by atoms with Gasteiger partial charge in [-0.1, -0.05) is 48.5 Å². The first-order chi connectivity index (χ1) is 18.9. The third-order valence-corrected chi connectivity index (χ3v) is 9.21. The number of rotatable bonds is 7. The van der Waals surface area contributed by atoms with Gasteiger partial charge >= 0.3 is 12.1 Å². The van der Waals surface area contributed by atoms with Gasteiger partial charge in [0.05, 0.1) is 18.2 Å². The number of carboxylic acid groups (broad SMARTS) is 1. The fourth-order valence-corrected chi connectivity index (χ4v) is 7.26. The second-order valence-electron chi connectivity index (χ2n) is 9.44. The van der Waals surface area contributed by atoms with Crippen molar-refractivity contribution in [3.63, 3.8) is 0 Å². The van der Waals surface area contributed by atoms with Crippen LogP contribution in [0.2, 0.25) is 0 Å². The number of carbonyl (C=O) groups is 2. The highest BCUT2D eigenvalue weighted by Gasteiger charge is 2.21. The van der Waals surface area contributed by atoms with Crippen molar-refractivity contribution in [2.24, 2.45) is 7.05 Å². The number of ether oxygens (including phenoxy) is 1. The number of carboxylic acids is 1. The number of allylic oxidation sites excluding steroid dienone is 1. The molecule has 0 spiro atoms. The molecule has 0 unspecified atom stereocenters. The number of carbonyl (C=O) groups excluding carboxylic acids is 1. The van der Waals surface area contributed by atoms with Crippen LogP contribution in [0.1, 0.15) is 36.1 Å². The van der Waals surface area contributed by atoms with Gasteiger partial charge in [0.25, 0.3) is 0 Å². The summed E-state index contributed by atoms with van der Waals surface area (Å²) < 4.78 is 9.56. The van der Waals surface area contributed by atoms with Crippen molar-refractivity contribution < 1.29 is 19.4 Å². The minimum absolute atomic E-state index is 0.0544. The second-order valence-corrected chi connectivity index (χ2v) is 11.6. The fraction of sp³-hybridized carbons (Fsp3) is 0.167. The largest absolute Gasteiger partial charge is 0.481 e. The Balaban J connectivity index is 1.20. The Labute approximate surface area is 233 Å². The van der Waals surface area contributed by atoms with Crippen LogP contribution in [-0.4, -0.2) is 26.9 Å². The summed E-state index contributed by atoms with van der Waals surface area (Å²) in [4.78, 5) is 26.0. The molecule has 0 saturated heterocycles. The number of hydrogen-bond acceptors (Lipinski definition) is 6. The first kappa shape index (κ1) is 25.1. The third-order valence-electron chi connectivity index (χ3n) is 6.83. The number of amides is 1. The molecular formula is C30H25N3O4S2. The number of thiophene rings is 2. The van der Waals surface area contributed by atoms with Crippen molar-refractivity contribution in [2.75, 3.05) is 5.32 Å². The lowest BCUT2D eigenvalue weighted by atomic mass is 10.0. The number of hydrogen-bond donors (Lipinski definition) is 2. The summed E-state index contributed by atoms with van der Waals surface area (Å²) in [7, 11) is 1.79. The van der Waals surface area contributed by atoms with E-state index < -0.39 is 12.1 Å². The van der Waals surface area contributed by atoms with Crippen molar-refractivity contribution in [3.8, 4) is 20.9 Å². The number of nitrogens with one attached hydrogen (secondary N) is 1. The third kappa shape index (κ3) is 4.98. The highest BCUT2D eigenvalue weighted by Crippen LogP contribution is 2.44. The molecule has 0 bridgehead atoms. The number of aryl methyl sites for hydroxylation is 1.